The molecule has 1 fully saturated rings. The smallest absolute Gasteiger partial charge is 0.339 e. The number of para-hydroxylation sites is 2. The first kappa shape index (κ1) is 24.7. The van der Waals surface area contributed by atoms with Crippen LogP contribution in [0.2, 0.25) is 0 Å². The Kier molecular flexibility index (Phi) is 7.22. The molecule has 188 valence electrons. The van der Waals surface area contributed by atoms with Crippen molar-refractivity contribution in [2.45, 2.75) is 39.5 Å². The van der Waals surface area contributed by atoms with E-state index in [1.54, 1.807) is 11.1 Å². The van der Waals surface area contributed by atoms with Gasteiger partial charge in [-0.05, 0) is 74.9 Å². The van der Waals surface area contributed by atoms with Gasteiger partial charge in [0.15, 0.2) is 5.58 Å². The van der Waals surface area contributed by atoms with Crippen LogP contribution in [0.4, 0.5) is 5.69 Å². The van der Waals surface area contributed by atoms with Crippen molar-refractivity contribution in [1.82, 2.24) is 9.88 Å². The standard InChI is InChI=1S/C28H30IN3O4/c1-3-32(27(33)20-10-8-18(2)9-11-20)25-22(28(34)35)16-31(17-29-25)21-14-12-19(13-15-21)26-30-23-6-4-5-7-24(23)36-26/h4-7,12-16,18,20H,3,8-11,17H2,1-2H3,(H,34,35). The van der Waals surface area contributed by atoms with Gasteiger partial charge in [0, 0.05) is 29.9 Å². The quantitative estimate of drug-likeness (QED) is 0.212. The number of amides is 1. The molecule has 0 radical (unpaired) electrons. The molecule has 8 heteroatoms. The average molecular weight is 599 g/mol. The number of carbonyl (C=O) groups is 2. The van der Waals surface area contributed by atoms with Crippen molar-refractivity contribution < 1.29 is 19.1 Å². The summed E-state index contributed by atoms with van der Waals surface area (Å²) in [5.74, 6) is 0.338. The summed E-state index contributed by atoms with van der Waals surface area (Å²) in [5, 5.41) is 10.0. The summed E-state index contributed by atoms with van der Waals surface area (Å²) in [7, 11) is 0. The summed E-state index contributed by atoms with van der Waals surface area (Å²) in [5.41, 5.74) is 3.56. The van der Waals surface area contributed by atoms with Gasteiger partial charge in [-0.3, -0.25) is 4.79 Å². The maximum atomic E-state index is 13.4. The minimum Gasteiger partial charge on any atom is -0.478 e. The van der Waals surface area contributed by atoms with Gasteiger partial charge >= 0.3 is 5.97 Å². The zero-order chi connectivity index (χ0) is 25.2. The second kappa shape index (κ2) is 10.5. The summed E-state index contributed by atoms with van der Waals surface area (Å²) in [6.45, 7) is 4.68. The molecule has 0 spiro atoms. The van der Waals surface area contributed by atoms with Crippen LogP contribution in [-0.4, -0.2) is 41.6 Å². The normalized spacial score (nSPS) is 20.3. The number of benzene rings is 2. The van der Waals surface area contributed by atoms with E-state index in [2.05, 4.69) is 11.9 Å². The molecule has 36 heavy (non-hydrogen) atoms. The highest BCUT2D eigenvalue weighted by molar-refractivity contribution is 14.2. The van der Waals surface area contributed by atoms with Crippen LogP contribution in [0.25, 0.3) is 22.6 Å². The first-order chi connectivity index (χ1) is 17.4. The van der Waals surface area contributed by atoms with Gasteiger partial charge in [-0.1, -0.05) is 39.8 Å². The van der Waals surface area contributed by atoms with E-state index in [0.717, 1.165) is 51.7 Å². The number of carboxylic acids is 1. The molecule has 0 unspecified atom stereocenters. The Morgan fingerprint density at radius 1 is 1.11 bits per heavy atom. The lowest BCUT2D eigenvalue weighted by atomic mass is 9.82. The Morgan fingerprint density at radius 2 is 1.83 bits per heavy atom. The van der Waals surface area contributed by atoms with Gasteiger partial charge in [-0.15, -0.1) is 0 Å². The van der Waals surface area contributed by atoms with Crippen LogP contribution in [0.15, 0.2) is 64.7 Å². The summed E-state index contributed by atoms with van der Waals surface area (Å²) in [6, 6.07) is 15.5. The first-order valence-corrected chi connectivity index (χ1v) is 15.0. The fraction of sp³-hybridized carbons (Fsp3) is 0.357. The van der Waals surface area contributed by atoms with Crippen molar-refractivity contribution in [3.8, 4) is 11.5 Å². The molecule has 1 aromatic heterocycles. The number of rotatable bonds is 6. The van der Waals surface area contributed by atoms with Crippen LogP contribution in [0.5, 0.6) is 0 Å². The number of nitrogens with zero attached hydrogens (tertiary/aromatic N) is 3. The minimum atomic E-state index is -0.985. The molecule has 2 aromatic carbocycles. The van der Waals surface area contributed by atoms with E-state index < -0.39 is 26.7 Å². The van der Waals surface area contributed by atoms with Crippen molar-refractivity contribution in [2.75, 3.05) is 16.0 Å². The number of hydrogen-bond donors (Lipinski definition) is 1. The molecule has 0 bridgehead atoms. The molecule has 1 saturated carbocycles. The molecule has 1 N–H and O–H groups in total. The van der Waals surface area contributed by atoms with Gasteiger partial charge in [0.2, 0.25) is 11.8 Å². The summed E-state index contributed by atoms with van der Waals surface area (Å²) in [6.07, 6.45) is 5.61. The molecule has 0 saturated heterocycles. The number of alkyl halides is 1. The molecule has 1 amide bonds. The molecule has 2 heterocycles. The minimum absolute atomic E-state index is 0.00476. The predicted octanol–water partition coefficient (Wildman–Crippen LogP) is 6.02. The van der Waals surface area contributed by atoms with Crippen molar-refractivity contribution in [3.63, 3.8) is 0 Å². The Hall–Kier alpha value is -3.01. The molecule has 7 nitrogen and oxygen atoms in total. The van der Waals surface area contributed by atoms with Crippen molar-refractivity contribution in [2.24, 2.45) is 11.8 Å². The van der Waals surface area contributed by atoms with Crippen molar-refractivity contribution >= 4 is 53.0 Å². The lowest BCUT2D eigenvalue weighted by Gasteiger charge is -2.34. The highest BCUT2D eigenvalue weighted by Gasteiger charge is 2.33. The maximum absolute atomic E-state index is 13.4. The fourth-order valence-electron chi connectivity index (χ4n) is 4.85. The number of anilines is 1. The number of hydrogen-bond acceptors (Lipinski definition) is 5. The number of likely N-dealkylation sites (N-methyl/N-ethyl adjacent to an activating group) is 1. The molecular weight excluding hydrogens is 569 g/mol. The number of oxazole rings is 1. The predicted molar refractivity (Wildman–Crippen MR) is 150 cm³/mol. The maximum Gasteiger partial charge on any atom is 0.339 e. The monoisotopic (exact) mass is 599 g/mol. The molecular formula is C28H30IN3O4. The summed E-state index contributed by atoms with van der Waals surface area (Å²) < 4.78 is 7.30. The van der Waals surface area contributed by atoms with E-state index in [4.69, 9.17) is 4.42 Å². The van der Waals surface area contributed by atoms with Crippen LogP contribution in [0.3, 0.4) is 0 Å². The lowest BCUT2D eigenvalue weighted by molar-refractivity contribution is -0.132. The van der Waals surface area contributed by atoms with E-state index in [0.29, 0.717) is 22.9 Å². The number of halogens is 1. The third-order valence-corrected chi connectivity index (χ3v) is 9.94. The zero-order valence-corrected chi connectivity index (χ0v) is 22.6. The molecule has 1 aliphatic heterocycles. The average Bonchev–Trinajstić information content (AvgIpc) is 3.34. The van der Waals surface area contributed by atoms with Crippen LogP contribution >= 0.6 is 20.7 Å². The number of carbonyl (C=O) groups excluding carboxylic acids is 1. The fourth-order valence-corrected chi connectivity index (χ4v) is 7.90. The lowest BCUT2D eigenvalue weighted by Crippen LogP contribution is -2.44. The Labute approximate surface area is 220 Å². The topological polar surface area (TPSA) is 86.9 Å². The first-order valence-electron chi connectivity index (χ1n) is 12.4. The third-order valence-electron chi connectivity index (χ3n) is 6.98. The van der Waals surface area contributed by atoms with Crippen molar-refractivity contribution in [1.29, 1.82) is 0 Å². The van der Waals surface area contributed by atoms with E-state index in [9.17, 15) is 14.7 Å². The molecule has 0 atom stereocenters. The largest absolute Gasteiger partial charge is 0.478 e. The van der Waals surface area contributed by atoms with Gasteiger partial charge in [0.1, 0.15) is 11.1 Å². The summed E-state index contributed by atoms with van der Waals surface area (Å²) >= 11 is -0.702. The van der Waals surface area contributed by atoms with Crippen LogP contribution in [-0.2, 0) is 9.59 Å². The number of aliphatic carboxylic acids is 1. The highest BCUT2D eigenvalue weighted by atomic mass is 127. The van der Waals surface area contributed by atoms with Gasteiger partial charge < -0.3 is 19.3 Å². The van der Waals surface area contributed by atoms with Crippen molar-refractivity contribution in [3.05, 3.63) is 60.3 Å². The Morgan fingerprint density at radius 3 is 2.50 bits per heavy atom. The highest BCUT2D eigenvalue weighted by Crippen LogP contribution is 2.33. The van der Waals surface area contributed by atoms with E-state index in [1.165, 1.54) is 0 Å². The van der Waals surface area contributed by atoms with E-state index in [-0.39, 0.29) is 17.4 Å². The number of carboxylic acid groups (broad SMARTS) is 1. The Balaban J connectivity index is 1.35. The zero-order valence-electron chi connectivity index (χ0n) is 20.5. The Bertz CT molecular complexity index is 1300. The van der Waals surface area contributed by atoms with Gasteiger partial charge in [-0.25, -0.2) is 9.78 Å². The summed E-state index contributed by atoms with van der Waals surface area (Å²) in [4.78, 5) is 33.9. The van der Waals surface area contributed by atoms with Gasteiger partial charge in [0.05, 0.1) is 8.18 Å². The van der Waals surface area contributed by atoms with E-state index in [1.807, 2.05) is 60.4 Å². The number of aromatic nitrogens is 1. The molecule has 2 aliphatic rings. The molecule has 1 aliphatic carbocycles. The SMILES string of the molecule is CCN(C(=O)C1CCC(C)CC1)C1=ICN(c2ccc(-c3nc4ccccc4o3)cc2)C=C1C(=O)O. The second-order valence-electron chi connectivity index (χ2n) is 9.43. The molecule has 5 rings (SSSR count). The van der Waals surface area contributed by atoms with Crippen LogP contribution < -0.4 is 4.90 Å². The van der Waals surface area contributed by atoms with E-state index >= 15 is 0 Å². The van der Waals surface area contributed by atoms with Gasteiger partial charge in [0.25, 0.3) is 0 Å². The second-order valence-corrected chi connectivity index (χ2v) is 11.9. The molecule has 3 aromatic rings. The van der Waals surface area contributed by atoms with Crippen LogP contribution in [0.1, 0.15) is 39.5 Å². The third kappa shape index (κ3) is 4.96. The van der Waals surface area contributed by atoms with Gasteiger partial charge in [-0.2, -0.15) is 0 Å². The number of fused-ring (bicyclic) bond motifs is 1. The van der Waals surface area contributed by atoms with Crippen LogP contribution in [0, 0.1) is 11.8 Å².